The van der Waals surface area contributed by atoms with Gasteiger partial charge in [-0.2, -0.15) is 0 Å². The first-order valence-electron chi connectivity index (χ1n) is 14.1. The smallest absolute Gasteiger partial charge is 0.497 e. The predicted molar refractivity (Wildman–Crippen MR) is 155 cm³/mol. The third-order valence-electron chi connectivity index (χ3n) is 8.36. The van der Waals surface area contributed by atoms with Crippen LogP contribution >= 0.6 is 0 Å². The minimum absolute atomic E-state index is 0.345. The van der Waals surface area contributed by atoms with Crippen molar-refractivity contribution in [1.29, 1.82) is 0 Å². The SMILES string of the molecule is COc1cccc(C2(C(=O)O)CC2)c1.COc1ccccc1C1(C(=O)O)CC1.O=C(O)C1(c2ccc(OC(F)(F)F)cc2)CC1. The third kappa shape index (κ3) is 7.33. The number of hydrogen-bond donors (Lipinski definition) is 3. The van der Waals surface area contributed by atoms with Gasteiger partial charge in [-0.15, -0.1) is 13.2 Å². The fraction of sp³-hybridized carbons (Fsp3) is 0.364. The van der Waals surface area contributed by atoms with E-state index in [0.29, 0.717) is 37.0 Å². The summed E-state index contributed by atoms with van der Waals surface area (Å²) in [5.74, 6) is -1.38. The monoisotopic (exact) mass is 630 g/mol. The van der Waals surface area contributed by atoms with Crippen LogP contribution in [-0.4, -0.2) is 53.8 Å². The molecule has 45 heavy (non-hydrogen) atoms. The van der Waals surface area contributed by atoms with Crippen molar-refractivity contribution in [2.75, 3.05) is 14.2 Å². The van der Waals surface area contributed by atoms with E-state index in [1.54, 1.807) is 26.4 Å². The number of halogens is 3. The number of rotatable bonds is 9. The zero-order valence-electron chi connectivity index (χ0n) is 24.6. The Labute approximate surface area is 257 Å². The van der Waals surface area contributed by atoms with Crippen molar-refractivity contribution in [3.05, 3.63) is 89.5 Å². The Kier molecular flexibility index (Phi) is 9.36. The summed E-state index contributed by atoms with van der Waals surface area (Å²) in [6.07, 6.45) is -0.814. The number of hydrogen-bond acceptors (Lipinski definition) is 6. The number of carbonyl (C=O) groups is 3. The Morgan fingerprint density at radius 2 is 1.13 bits per heavy atom. The van der Waals surface area contributed by atoms with Crippen molar-refractivity contribution in [2.45, 2.75) is 61.1 Å². The molecule has 0 saturated heterocycles. The third-order valence-corrected chi connectivity index (χ3v) is 8.36. The van der Waals surface area contributed by atoms with E-state index in [0.717, 1.165) is 41.9 Å². The average molecular weight is 631 g/mol. The molecule has 3 aromatic carbocycles. The predicted octanol–water partition coefficient (Wildman–Crippen LogP) is 6.32. The topological polar surface area (TPSA) is 140 Å². The Balaban J connectivity index is 0.000000155. The fourth-order valence-corrected chi connectivity index (χ4v) is 5.16. The zero-order valence-corrected chi connectivity index (χ0v) is 24.6. The molecule has 0 atom stereocenters. The molecule has 240 valence electrons. The van der Waals surface area contributed by atoms with E-state index in [-0.39, 0.29) is 5.75 Å². The molecule has 0 heterocycles. The molecule has 3 aliphatic carbocycles. The van der Waals surface area contributed by atoms with Crippen LogP contribution in [0.1, 0.15) is 55.2 Å². The van der Waals surface area contributed by atoms with E-state index in [1.165, 1.54) is 12.1 Å². The van der Waals surface area contributed by atoms with E-state index in [9.17, 15) is 27.6 Å². The molecule has 12 heteroatoms. The molecule has 9 nitrogen and oxygen atoms in total. The Morgan fingerprint density at radius 1 is 0.622 bits per heavy atom. The molecule has 6 rings (SSSR count). The summed E-state index contributed by atoms with van der Waals surface area (Å²) < 4.78 is 49.6. The summed E-state index contributed by atoms with van der Waals surface area (Å²) in [6, 6.07) is 19.6. The maximum atomic E-state index is 11.9. The van der Waals surface area contributed by atoms with Crippen molar-refractivity contribution in [3.8, 4) is 17.2 Å². The van der Waals surface area contributed by atoms with Gasteiger partial charge in [0, 0.05) is 5.56 Å². The summed E-state index contributed by atoms with van der Waals surface area (Å²) in [5.41, 5.74) is -0.0448. The van der Waals surface area contributed by atoms with Crippen LogP contribution in [-0.2, 0) is 30.6 Å². The maximum absolute atomic E-state index is 11.9. The lowest BCUT2D eigenvalue weighted by atomic mass is 9.95. The van der Waals surface area contributed by atoms with Gasteiger partial charge in [-0.1, -0.05) is 42.5 Å². The maximum Gasteiger partial charge on any atom is 0.573 e. The van der Waals surface area contributed by atoms with Crippen LogP contribution in [0.4, 0.5) is 13.2 Å². The van der Waals surface area contributed by atoms with Gasteiger partial charge in [0.15, 0.2) is 0 Å². The minimum atomic E-state index is -4.73. The number of alkyl halides is 3. The van der Waals surface area contributed by atoms with Gasteiger partial charge < -0.3 is 29.5 Å². The molecule has 3 saturated carbocycles. The highest BCUT2D eigenvalue weighted by Gasteiger charge is 2.54. The number of para-hydroxylation sites is 1. The van der Waals surface area contributed by atoms with Gasteiger partial charge in [-0.25, -0.2) is 0 Å². The van der Waals surface area contributed by atoms with Gasteiger partial charge in [-0.05, 0) is 80.0 Å². The highest BCUT2D eigenvalue weighted by Crippen LogP contribution is 2.52. The molecule has 3 N–H and O–H groups in total. The van der Waals surface area contributed by atoms with Gasteiger partial charge in [0.05, 0.1) is 30.5 Å². The van der Waals surface area contributed by atoms with Crippen molar-refractivity contribution >= 4 is 17.9 Å². The molecule has 3 aromatic rings. The van der Waals surface area contributed by atoms with E-state index < -0.39 is 40.5 Å². The summed E-state index contributed by atoms with van der Waals surface area (Å²) in [6.45, 7) is 0. The molecule has 0 aliphatic heterocycles. The standard InChI is InChI=1S/C11H9F3O3.2C11H12O3/c12-11(13,14)17-8-3-1-7(2-4-8)10(5-6-10)9(15)16;1-14-9-4-2-3-8(7-9)11(5-6-11)10(12)13;1-14-9-5-3-2-4-8(9)11(6-7-11)10(12)13/h1-4H,5-6H2,(H,15,16);2-4,7H,5-6H2,1H3,(H,12,13);2-5H,6-7H2,1H3,(H,12,13). The van der Waals surface area contributed by atoms with Gasteiger partial charge in [-0.3, -0.25) is 14.4 Å². The lowest BCUT2D eigenvalue weighted by Crippen LogP contribution is -2.20. The molecular formula is C33H33F3O9. The highest BCUT2D eigenvalue weighted by atomic mass is 19.4. The van der Waals surface area contributed by atoms with Gasteiger partial charge >= 0.3 is 24.3 Å². The molecule has 3 fully saturated rings. The Hall–Kier alpha value is -4.74. The van der Waals surface area contributed by atoms with Crippen molar-refractivity contribution in [1.82, 2.24) is 0 Å². The second-order valence-electron chi connectivity index (χ2n) is 11.2. The first-order valence-corrected chi connectivity index (χ1v) is 14.1. The summed E-state index contributed by atoms with van der Waals surface area (Å²) in [5, 5.41) is 27.2. The number of benzene rings is 3. The summed E-state index contributed by atoms with van der Waals surface area (Å²) in [4.78, 5) is 33.1. The fourth-order valence-electron chi connectivity index (χ4n) is 5.16. The van der Waals surface area contributed by atoms with Crippen LogP contribution in [0.3, 0.4) is 0 Å². The molecule has 0 spiro atoms. The van der Waals surface area contributed by atoms with Crippen molar-refractivity contribution < 1.29 is 57.1 Å². The van der Waals surface area contributed by atoms with E-state index in [1.807, 2.05) is 36.4 Å². The number of carboxylic acids is 3. The number of methoxy groups -OCH3 is 2. The first-order chi connectivity index (χ1) is 21.2. The van der Waals surface area contributed by atoms with E-state index in [2.05, 4.69) is 4.74 Å². The van der Waals surface area contributed by atoms with Crippen LogP contribution in [0.2, 0.25) is 0 Å². The van der Waals surface area contributed by atoms with Crippen molar-refractivity contribution in [3.63, 3.8) is 0 Å². The number of carboxylic acid groups (broad SMARTS) is 3. The van der Waals surface area contributed by atoms with Gasteiger partial charge in [0.1, 0.15) is 17.2 Å². The second kappa shape index (κ2) is 12.7. The van der Waals surface area contributed by atoms with Crippen LogP contribution in [0.25, 0.3) is 0 Å². The van der Waals surface area contributed by atoms with Crippen LogP contribution in [0.5, 0.6) is 17.2 Å². The van der Waals surface area contributed by atoms with Gasteiger partial charge in [0.2, 0.25) is 0 Å². The normalized spacial score (nSPS) is 17.5. The van der Waals surface area contributed by atoms with E-state index >= 15 is 0 Å². The van der Waals surface area contributed by atoms with Gasteiger partial charge in [0.25, 0.3) is 0 Å². The molecule has 0 radical (unpaired) electrons. The minimum Gasteiger partial charge on any atom is -0.497 e. The second-order valence-corrected chi connectivity index (χ2v) is 11.2. The largest absolute Gasteiger partial charge is 0.573 e. The molecular weight excluding hydrogens is 597 g/mol. The summed E-state index contributed by atoms with van der Waals surface area (Å²) >= 11 is 0. The quantitative estimate of drug-likeness (QED) is 0.248. The number of ether oxygens (including phenoxy) is 3. The van der Waals surface area contributed by atoms with Crippen LogP contribution in [0.15, 0.2) is 72.8 Å². The molecule has 0 unspecified atom stereocenters. The lowest BCUT2D eigenvalue weighted by Gasteiger charge is -2.13. The molecule has 3 aliphatic rings. The molecule has 0 amide bonds. The number of aliphatic carboxylic acids is 3. The first kappa shape index (κ1) is 33.2. The lowest BCUT2D eigenvalue weighted by molar-refractivity contribution is -0.274. The van der Waals surface area contributed by atoms with Crippen molar-refractivity contribution in [2.24, 2.45) is 0 Å². The Bertz CT molecular complexity index is 1540. The van der Waals surface area contributed by atoms with Crippen LogP contribution in [0, 0.1) is 0 Å². The molecule has 0 bridgehead atoms. The van der Waals surface area contributed by atoms with Crippen LogP contribution < -0.4 is 14.2 Å². The Morgan fingerprint density at radius 3 is 1.58 bits per heavy atom. The average Bonchev–Trinajstić information content (AvgIpc) is 3.88. The zero-order chi connectivity index (χ0) is 33.0. The highest BCUT2D eigenvalue weighted by molar-refractivity contribution is 5.86. The summed E-state index contributed by atoms with van der Waals surface area (Å²) in [7, 11) is 3.15. The molecule has 0 aromatic heterocycles. The van der Waals surface area contributed by atoms with E-state index in [4.69, 9.17) is 24.8 Å².